The van der Waals surface area contributed by atoms with Crippen molar-refractivity contribution in [3.63, 3.8) is 0 Å². The Kier molecular flexibility index (Phi) is 4.50. The van der Waals surface area contributed by atoms with E-state index in [4.69, 9.17) is 4.52 Å². The number of rotatable bonds is 4. The second-order valence-electron chi connectivity index (χ2n) is 5.67. The molecule has 0 unspecified atom stereocenters. The summed E-state index contributed by atoms with van der Waals surface area (Å²) in [6, 6.07) is 5.49. The number of benzene rings is 1. The fourth-order valence-corrected chi connectivity index (χ4v) is 2.55. The second-order valence-corrected chi connectivity index (χ2v) is 5.67. The molecule has 1 aromatic carbocycles. The highest BCUT2D eigenvalue weighted by molar-refractivity contribution is 5.79. The summed E-state index contributed by atoms with van der Waals surface area (Å²) >= 11 is 0. The highest BCUT2D eigenvalue weighted by atomic mass is 19.1. The summed E-state index contributed by atoms with van der Waals surface area (Å²) in [7, 11) is 0. The molecular weight excluding hydrogens is 297 g/mol. The van der Waals surface area contributed by atoms with Gasteiger partial charge in [-0.1, -0.05) is 17.3 Å². The first-order valence-electron chi connectivity index (χ1n) is 7.68. The van der Waals surface area contributed by atoms with Crippen LogP contribution in [0.15, 0.2) is 40.9 Å². The van der Waals surface area contributed by atoms with Crippen LogP contribution in [0.1, 0.15) is 38.1 Å². The van der Waals surface area contributed by atoms with E-state index >= 15 is 0 Å². The van der Waals surface area contributed by atoms with Crippen LogP contribution in [0, 0.1) is 11.7 Å². The van der Waals surface area contributed by atoms with E-state index in [-0.39, 0.29) is 23.7 Å². The lowest BCUT2D eigenvalue weighted by molar-refractivity contribution is -0.126. The molecule has 3 rings (SSSR count). The molecule has 1 amide bonds. The SMILES string of the molecule is C[C@H](NC(=O)[C@@H]1CC=CCC1)c1nc(-c2ccc(F)cc2)no1. The Morgan fingerprint density at radius 3 is 2.83 bits per heavy atom. The van der Waals surface area contributed by atoms with Crippen molar-refractivity contribution >= 4 is 5.91 Å². The Morgan fingerprint density at radius 2 is 2.13 bits per heavy atom. The number of nitrogens with one attached hydrogen (secondary N) is 1. The molecule has 2 aromatic rings. The largest absolute Gasteiger partial charge is 0.344 e. The van der Waals surface area contributed by atoms with Gasteiger partial charge in [-0.2, -0.15) is 4.98 Å². The van der Waals surface area contributed by atoms with E-state index in [1.54, 1.807) is 19.1 Å². The second kappa shape index (κ2) is 6.73. The number of allylic oxidation sites excluding steroid dienone is 2. The van der Waals surface area contributed by atoms with Crippen LogP contribution in [0.25, 0.3) is 11.4 Å². The molecule has 1 aromatic heterocycles. The molecule has 0 saturated carbocycles. The lowest BCUT2D eigenvalue weighted by atomic mass is 9.93. The summed E-state index contributed by atoms with van der Waals surface area (Å²) in [6.07, 6.45) is 6.70. The number of nitrogens with zero attached hydrogens (tertiary/aromatic N) is 2. The zero-order chi connectivity index (χ0) is 16.2. The highest BCUT2D eigenvalue weighted by Crippen LogP contribution is 2.21. The molecular formula is C17H18FN3O2. The van der Waals surface area contributed by atoms with Gasteiger partial charge in [0.15, 0.2) is 0 Å². The molecule has 0 saturated heterocycles. The fourth-order valence-electron chi connectivity index (χ4n) is 2.55. The van der Waals surface area contributed by atoms with Crippen molar-refractivity contribution in [3.8, 4) is 11.4 Å². The number of carbonyl (C=O) groups is 1. The normalized spacial score (nSPS) is 18.6. The number of carbonyl (C=O) groups excluding carboxylic acids is 1. The molecule has 2 atom stereocenters. The van der Waals surface area contributed by atoms with E-state index in [0.717, 1.165) is 19.3 Å². The molecule has 6 heteroatoms. The van der Waals surface area contributed by atoms with Crippen molar-refractivity contribution in [2.75, 3.05) is 0 Å². The maximum absolute atomic E-state index is 12.9. The Morgan fingerprint density at radius 1 is 1.35 bits per heavy atom. The van der Waals surface area contributed by atoms with Crippen LogP contribution in [0.3, 0.4) is 0 Å². The van der Waals surface area contributed by atoms with Gasteiger partial charge in [-0.25, -0.2) is 4.39 Å². The van der Waals surface area contributed by atoms with Crippen LogP contribution >= 0.6 is 0 Å². The lowest BCUT2D eigenvalue weighted by Gasteiger charge is -2.19. The first-order chi connectivity index (χ1) is 11.1. The van der Waals surface area contributed by atoms with Crippen molar-refractivity contribution in [1.29, 1.82) is 0 Å². The van der Waals surface area contributed by atoms with Crippen molar-refractivity contribution in [2.45, 2.75) is 32.2 Å². The van der Waals surface area contributed by atoms with Gasteiger partial charge in [0, 0.05) is 11.5 Å². The molecule has 0 spiro atoms. The molecule has 0 aliphatic heterocycles. The molecule has 23 heavy (non-hydrogen) atoms. The smallest absolute Gasteiger partial charge is 0.249 e. The average molecular weight is 315 g/mol. The van der Waals surface area contributed by atoms with E-state index in [2.05, 4.69) is 21.5 Å². The van der Waals surface area contributed by atoms with Gasteiger partial charge in [0.2, 0.25) is 17.6 Å². The Hall–Kier alpha value is -2.50. The van der Waals surface area contributed by atoms with E-state index < -0.39 is 0 Å². The molecule has 1 heterocycles. The van der Waals surface area contributed by atoms with Gasteiger partial charge in [-0.15, -0.1) is 0 Å². The van der Waals surface area contributed by atoms with Crippen LogP contribution in [0.2, 0.25) is 0 Å². The van der Waals surface area contributed by atoms with Crippen molar-refractivity contribution < 1.29 is 13.7 Å². The number of halogens is 1. The molecule has 1 aliphatic rings. The summed E-state index contributed by atoms with van der Waals surface area (Å²) in [5.41, 5.74) is 0.664. The number of hydrogen-bond acceptors (Lipinski definition) is 4. The van der Waals surface area contributed by atoms with Crippen LogP contribution in [0.5, 0.6) is 0 Å². The van der Waals surface area contributed by atoms with Gasteiger partial charge in [0.05, 0.1) is 0 Å². The molecule has 0 radical (unpaired) electrons. The standard InChI is InChI=1S/C17H18FN3O2/c1-11(19-16(22)13-5-3-2-4-6-13)17-20-15(21-23-17)12-7-9-14(18)10-8-12/h2-3,7-11,13H,4-6H2,1H3,(H,19,22)/t11-,13+/m0/s1. The summed E-state index contributed by atoms with van der Waals surface area (Å²) in [6.45, 7) is 1.80. The van der Waals surface area contributed by atoms with E-state index in [0.29, 0.717) is 17.3 Å². The monoisotopic (exact) mass is 315 g/mol. The van der Waals surface area contributed by atoms with Gasteiger partial charge in [-0.3, -0.25) is 4.79 Å². The number of aromatic nitrogens is 2. The first-order valence-corrected chi connectivity index (χ1v) is 7.68. The zero-order valence-electron chi connectivity index (χ0n) is 12.8. The van der Waals surface area contributed by atoms with Crippen molar-refractivity contribution in [3.05, 3.63) is 48.1 Å². The van der Waals surface area contributed by atoms with Crippen LogP contribution < -0.4 is 5.32 Å². The Labute approximate surface area is 133 Å². The minimum atomic E-state index is -0.366. The van der Waals surface area contributed by atoms with E-state index in [9.17, 15) is 9.18 Å². The first kappa shape index (κ1) is 15.4. The van der Waals surface area contributed by atoms with Gasteiger partial charge >= 0.3 is 0 Å². The lowest BCUT2D eigenvalue weighted by Crippen LogP contribution is -2.33. The van der Waals surface area contributed by atoms with Gasteiger partial charge in [-0.05, 0) is 50.5 Å². The Balaban J connectivity index is 1.66. The summed E-state index contributed by atoms with van der Waals surface area (Å²) in [4.78, 5) is 16.5. The maximum Gasteiger partial charge on any atom is 0.249 e. The zero-order valence-corrected chi connectivity index (χ0v) is 12.8. The topological polar surface area (TPSA) is 68.0 Å². The predicted molar refractivity (Wildman–Crippen MR) is 82.7 cm³/mol. The summed E-state index contributed by atoms with van der Waals surface area (Å²) in [5.74, 6) is 0.399. The quantitative estimate of drug-likeness (QED) is 0.878. The minimum Gasteiger partial charge on any atom is -0.344 e. The van der Waals surface area contributed by atoms with Crippen molar-refractivity contribution in [2.24, 2.45) is 5.92 Å². The molecule has 1 N–H and O–H groups in total. The summed E-state index contributed by atoms with van der Waals surface area (Å²) in [5, 5.41) is 6.80. The molecule has 0 bridgehead atoms. The molecule has 1 aliphatic carbocycles. The van der Waals surface area contributed by atoms with E-state index in [1.807, 2.05) is 6.08 Å². The third-order valence-corrected chi connectivity index (χ3v) is 3.91. The highest BCUT2D eigenvalue weighted by Gasteiger charge is 2.23. The maximum atomic E-state index is 12.9. The van der Waals surface area contributed by atoms with Crippen LogP contribution in [0.4, 0.5) is 4.39 Å². The van der Waals surface area contributed by atoms with Crippen molar-refractivity contribution in [1.82, 2.24) is 15.5 Å². The molecule has 5 nitrogen and oxygen atoms in total. The summed E-state index contributed by atoms with van der Waals surface area (Å²) < 4.78 is 18.2. The van der Waals surface area contributed by atoms with Gasteiger partial charge < -0.3 is 9.84 Å². The third kappa shape index (κ3) is 3.64. The molecule has 120 valence electrons. The van der Waals surface area contributed by atoms with Crippen LogP contribution in [-0.4, -0.2) is 16.0 Å². The Bertz CT molecular complexity index is 709. The minimum absolute atomic E-state index is 0.00180. The molecule has 0 fully saturated rings. The van der Waals surface area contributed by atoms with Gasteiger partial charge in [0.1, 0.15) is 11.9 Å². The van der Waals surface area contributed by atoms with Gasteiger partial charge in [0.25, 0.3) is 0 Å². The van der Waals surface area contributed by atoms with E-state index in [1.165, 1.54) is 12.1 Å². The third-order valence-electron chi connectivity index (χ3n) is 3.91. The number of amides is 1. The average Bonchev–Trinajstić information content (AvgIpc) is 3.06. The van der Waals surface area contributed by atoms with Crippen LogP contribution in [-0.2, 0) is 4.79 Å². The number of hydrogen-bond donors (Lipinski definition) is 1. The fraction of sp³-hybridized carbons (Fsp3) is 0.353. The predicted octanol–water partition coefficient (Wildman–Crippen LogP) is 3.41.